The van der Waals surface area contributed by atoms with Gasteiger partial charge < -0.3 is 0 Å². The van der Waals surface area contributed by atoms with Gasteiger partial charge in [-0.2, -0.15) is 0 Å². The Morgan fingerprint density at radius 1 is 0.926 bits per heavy atom. The molecule has 2 aromatic rings. The van der Waals surface area contributed by atoms with Gasteiger partial charge in [-0.15, -0.1) is 0 Å². The zero-order chi connectivity index (χ0) is 19.6. The third-order valence-electron chi connectivity index (χ3n) is 5.42. The van der Waals surface area contributed by atoms with E-state index in [1.165, 1.54) is 22.3 Å². The molecule has 6 nitrogen and oxygen atoms in total. The SMILES string of the molecule is CC(Cc1ccc2c(c1CC(C)C(=O)NN)Cc1ccccc1-2)C(=O)NN. The molecule has 0 heterocycles. The smallest absolute Gasteiger partial charge is 0.237 e. The number of benzene rings is 2. The van der Waals surface area contributed by atoms with Crippen LogP contribution in [-0.2, 0) is 28.9 Å². The van der Waals surface area contributed by atoms with Crippen LogP contribution in [0.15, 0.2) is 36.4 Å². The zero-order valence-electron chi connectivity index (χ0n) is 15.7. The Hall–Kier alpha value is -2.70. The van der Waals surface area contributed by atoms with E-state index in [4.69, 9.17) is 11.7 Å². The number of fused-ring (bicyclic) bond motifs is 3. The summed E-state index contributed by atoms with van der Waals surface area (Å²) in [4.78, 5) is 23.9. The minimum Gasteiger partial charge on any atom is -0.294 e. The lowest BCUT2D eigenvalue weighted by molar-refractivity contribution is -0.125. The van der Waals surface area contributed by atoms with Crippen LogP contribution < -0.4 is 22.5 Å². The number of hydrogen-bond donors (Lipinski definition) is 4. The predicted molar refractivity (Wildman–Crippen MR) is 105 cm³/mol. The van der Waals surface area contributed by atoms with Gasteiger partial charge in [0.1, 0.15) is 0 Å². The van der Waals surface area contributed by atoms with E-state index in [0.29, 0.717) is 12.8 Å². The number of amides is 2. The molecular weight excluding hydrogens is 340 g/mol. The molecule has 0 saturated carbocycles. The number of carbonyl (C=O) groups is 2. The van der Waals surface area contributed by atoms with Crippen molar-refractivity contribution in [3.8, 4) is 11.1 Å². The lowest BCUT2D eigenvalue weighted by Gasteiger charge is -2.20. The first kappa shape index (κ1) is 19.1. The monoisotopic (exact) mass is 366 g/mol. The molecular formula is C21H26N4O2. The molecule has 0 saturated heterocycles. The van der Waals surface area contributed by atoms with Crippen molar-refractivity contribution in [2.45, 2.75) is 33.1 Å². The van der Waals surface area contributed by atoms with Crippen molar-refractivity contribution in [2.24, 2.45) is 23.5 Å². The molecule has 0 fully saturated rings. The lowest BCUT2D eigenvalue weighted by Crippen LogP contribution is -2.36. The van der Waals surface area contributed by atoms with E-state index in [9.17, 15) is 9.59 Å². The van der Waals surface area contributed by atoms with Gasteiger partial charge in [0.15, 0.2) is 0 Å². The largest absolute Gasteiger partial charge is 0.294 e. The highest BCUT2D eigenvalue weighted by Gasteiger charge is 2.26. The van der Waals surface area contributed by atoms with E-state index in [0.717, 1.165) is 17.5 Å². The second kappa shape index (κ2) is 7.90. The maximum Gasteiger partial charge on any atom is 0.237 e. The minimum absolute atomic E-state index is 0.193. The van der Waals surface area contributed by atoms with E-state index in [2.05, 4.69) is 35.1 Å². The maximum atomic E-state index is 12.0. The van der Waals surface area contributed by atoms with Crippen LogP contribution in [0.4, 0.5) is 0 Å². The molecule has 0 spiro atoms. The van der Waals surface area contributed by atoms with Crippen molar-refractivity contribution >= 4 is 11.8 Å². The Morgan fingerprint density at radius 3 is 2.22 bits per heavy atom. The van der Waals surface area contributed by atoms with Crippen LogP contribution in [0.25, 0.3) is 11.1 Å². The van der Waals surface area contributed by atoms with Crippen molar-refractivity contribution in [1.29, 1.82) is 0 Å². The van der Waals surface area contributed by atoms with Crippen LogP contribution in [0.1, 0.15) is 36.1 Å². The molecule has 142 valence electrons. The Morgan fingerprint density at radius 2 is 1.56 bits per heavy atom. The van der Waals surface area contributed by atoms with Gasteiger partial charge in [0.05, 0.1) is 0 Å². The quantitative estimate of drug-likeness (QED) is 0.302. The molecule has 2 aromatic carbocycles. The zero-order valence-corrected chi connectivity index (χ0v) is 15.7. The number of hydrazine groups is 2. The van der Waals surface area contributed by atoms with Gasteiger partial charge in [-0.1, -0.05) is 50.2 Å². The summed E-state index contributed by atoms with van der Waals surface area (Å²) in [5, 5.41) is 0. The minimum atomic E-state index is -0.261. The highest BCUT2D eigenvalue weighted by atomic mass is 16.2. The van der Waals surface area contributed by atoms with E-state index < -0.39 is 0 Å². The molecule has 2 unspecified atom stereocenters. The van der Waals surface area contributed by atoms with Crippen molar-refractivity contribution in [3.05, 3.63) is 58.7 Å². The van der Waals surface area contributed by atoms with Gasteiger partial charge in [-0.05, 0) is 52.6 Å². The van der Waals surface area contributed by atoms with Gasteiger partial charge in [-0.25, -0.2) is 11.7 Å². The van der Waals surface area contributed by atoms with Crippen LogP contribution in [0, 0.1) is 11.8 Å². The first-order valence-corrected chi connectivity index (χ1v) is 9.19. The Labute approximate surface area is 159 Å². The average Bonchev–Trinajstić information content (AvgIpc) is 3.07. The number of nitrogens with one attached hydrogen (secondary N) is 2. The van der Waals surface area contributed by atoms with Crippen LogP contribution in [0.5, 0.6) is 0 Å². The van der Waals surface area contributed by atoms with Crippen LogP contribution in [0.2, 0.25) is 0 Å². The van der Waals surface area contributed by atoms with Gasteiger partial charge in [0, 0.05) is 11.8 Å². The molecule has 1 aliphatic rings. The Bertz CT molecular complexity index is 878. The third-order valence-corrected chi connectivity index (χ3v) is 5.42. The molecule has 1 aliphatic carbocycles. The van der Waals surface area contributed by atoms with Crippen LogP contribution in [0.3, 0.4) is 0 Å². The third kappa shape index (κ3) is 3.72. The summed E-state index contributed by atoms with van der Waals surface area (Å²) in [6, 6.07) is 12.6. The molecule has 0 radical (unpaired) electrons. The fourth-order valence-corrected chi connectivity index (χ4v) is 3.87. The number of hydrogen-bond acceptors (Lipinski definition) is 4. The predicted octanol–water partition coefficient (Wildman–Crippen LogP) is 1.59. The molecule has 2 atom stereocenters. The summed E-state index contributed by atoms with van der Waals surface area (Å²) in [7, 11) is 0. The molecule has 27 heavy (non-hydrogen) atoms. The molecule has 6 heteroatoms. The molecule has 6 N–H and O–H groups in total. The first-order valence-electron chi connectivity index (χ1n) is 9.19. The number of nitrogens with two attached hydrogens (primary N) is 2. The summed E-state index contributed by atoms with van der Waals surface area (Å²) in [5.41, 5.74) is 11.6. The summed E-state index contributed by atoms with van der Waals surface area (Å²) < 4.78 is 0. The topological polar surface area (TPSA) is 110 Å². The standard InChI is InChI=1S/C21H26N4O2/c1-12(20(26)24-22)9-15-7-8-17-16-6-4-3-5-14(16)11-19(17)18(15)10-13(2)21(27)25-23/h3-8,12-13H,9-11,22-23H2,1-2H3,(H,24,26)(H,25,27). The normalized spacial score (nSPS) is 14.1. The maximum absolute atomic E-state index is 12.0. The van der Waals surface area contributed by atoms with E-state index in [1.54, 1.807) is 0 Å². The average molecular weight is 366 g/mol. The highest BCUT2D eigenvalue weighted by Crippen LogP contribution is 2.40. The second-order valence-electron chi connectivity index (χ2n) is 7.29. The summed E-state index contributed by atoms with van der Waals surface area (Å²) in [6.45, 7) is 3.72. The highest BCUT2D eigenvalue weighted by molar-refractivity contribution is 5.81. The van der Waals surface area contributed by atoms with Crippen molar-refractivity contribution < 1.29 is 9.59 Å². The second-order valence-corrected chi connectivity index (χ2v) is 7.29. The molecule has 0 aliphatic heterocycles. The fourth-order valence-electron chi connectivity index (χ4n) is 3.87. The Balaban J connectivity index is 2.02. The van der Waals surface area contributed by atoms with Gasteiger partial charge in [0.2, 0.25) is 11.8 Å². The first-order chi connectivity index (χ1) is 13.0. The van der Waals surface area contributed by atoms with Gasteiger partial charge >= 0.3 is 0 Å². The molecule has 3 rings (SSSR count). The Kier molecular flexibility index (Phi) is 5.58. The molecule has 2 amide bonds. The van der Waals surface area contributed by atoms with Crippen LogP contribution >= 0.6 is 0 Å². The van der Waals surface area contributed by atoms with Crippen molar-refractivity contribution in [1.82, 2.24) is 10.9 Å². The fraction of sp³-hybridized carbons (Fsp3) is 0.333. The summed E-state index contributed by atoms with van der Waals surface area (Å²) >= 11 is 0. The van der Waals surface area contributed by atoms with Gasteiger partial charge in [-0.3, -0.25) is 20.4 Å². The molecule has 0 bridgehead atoms. The number of carbonyl (C=O) groups excluding carboxylic acids is 2. The van der Waals surface area contributed by atoms with E-state index in [1.807, 2.05) is 26.0 Å². The van der Waals surface area contributed by atoms with Crippen molar-refractivity contribution in [3.63, 3.8) is 0 Å². The van der Waals surface area contributed by atoms with Gasteiger partial charge in [0.25, 0.3) is 0 Å². The summed E-state index contributed by atoms with van der Waals surface area (Å²) in [6.07, 6.45) is 1.98. The molecule has 0 aromatic heterocycles. The van der Waals surface area contributed by atoms with E-state index >= 15 is 0 Å². The van der Waals surface area contributed by atoms with Crippen LogP contribution in [-0.4, -0.2) is 11.8 Å². The van der Waals surface area contributed by atoms with Crippen molar-refractivity contribution in [2.75, 3.05) is 0 Å². The lowest BCUT2D eigenvalue weighted by atomic mass is 9.86. The van der Waals surface area contributed by atoms with E-state index in [-0.39, 0.29) is 23.7 Å². The number of rotatable bonds is 6. The summed E-state index contributed by atoms with van der Waals surface area (Å²) in [5.74, 6) is 9.70.